The maximum atomic E-state index is 5.27. The van der Waals surface area contributed by atoms with E-state index in [1.807, 2.05) is 19.9 Å². The number of nitrogens with zero attached hydrogens (tertiary/aromatic N) is 2. The van der Waals surface area contributed by atoms with Crippen molar-refractivity contribution in [1.82, 2.24) is 15.8 Å². The van der Waals surface area contributed by atoms with E-state index in [1.165, 1.54) is 0 Å². The van der Waals surface area contributed by atoms with Gasteiger partial charge in [-0.3, -0.25) is 4.99 Å². The number of hydrogen-bond acceptors (Lipinski definition) is 4. The molecule has 1 rings (SSSR count). The van der Waals surface area contributed by atoms with Gasteiger partial charge in [0.05, 0.1) is 12.2 Å². The van der Waals surface area contributed by atoms with Gasteiger partial charge >= 0.3 is 0 Å². The molecule has 0 radical (unpaired) electrons. The largest absolute Gasteiger partial charge is 0.382 e. The van der Waals surface area contributed by atoms with Gasteiger partial charge in [0.1, 0.15) is 0 Å². The molecular formula is C13H25IN4O2. The first-order chi connectivity index (χ1) is 9.30. The summed E-state index contributed by atoms with van der Waals surface area (Å²) in [6.07, 6.45) is 1.84. The molecule has 20 heavy (non-hydrogen) atoms. The molecule has 0 atom stereocenters. The smallest absolute Gasteiger partial charge is 0.191 e. The van der Waals surface area contributed by atoms with Crippen LogP contribution in [0.15, 0.2) is 15.6 Å². The van der Waals surface area contributed by atoms with Crippen molar-refractivity contribution in [2.75, 3.05) is 26.8 Å². The molecule has 0 spiro atoms. The minimum atomic E-state index is 0. The Bertz CT molecular complexity index is 382. The standard InChI is InChI=1S/C13H24N4O2.HI/c1-4-11-9-12(19-17-11)10-16-13(14-3)15-7-6-8-18-5-2;/h9H,4-8,10H2,1-3H3,(H2,14,15,16);1H. The van der Waals surface area contributed by atoms with Gasteiger partial charge < -0.3 is 19.9 Å². The minimum absolute atomic E-state index is 0. The van der Waals surface area contributed by atoms with Crippen LogP contribution in [0.5, 0.6) is 0 Å². The molecule has 0 amide bonds. The monoisotopic (exact) mass is 396 g/mol. The van der Waals surface area contributed by atoms with Crippen molar-refractivity contribution in [1.29, 1.82) is 0 Å². The van der Waals surface area contributed by atoms with Crippen molar-refractivity contribution in [2.45, 2.75) is 33.2 Å². The molecule has 0 aliphatic rings. The summed E-state index contributed by atoms with van der Waals surface area (Å²) >= 11 is 0. The predicted molar refractivity (Wildman–Crippen MR) is 90.6 cm³/mol. The van der Waals surface area contributed by atoms with E-state index in [2.05, 4.69) is 20.8 Å². The maximum absolute atomic E-state index is 5.27. The highest BCUT2D eigenvalue weighted by molar-refractivity contribution is 14.0. The van der Waals surface area contributed by atoms with Crippen LogP contribution in [0.4, 0.5) is 0 Å². The van der Waals surface area contributed by atoms with Crippen LogP contribution in [0.3, 0.4) is 0 Å². The third-order valence-corrected chi connectivity index (χ3v) is 2.59. The van der Waals surface area contributed by atoms with Gasteiger partial charge in [-0.25, -0.2) is 0 Å². The zero-order valence-corrected chi connectivity index (χ0v) is 14.8. The molecule has 7 heteroatoms. The van der Waals surface area contributed by atoms with E-state index in [1.54, 1.807) is 7.05 Å². The molecule has 0 saturated carbocycles. The summed E-state index contributed by atoms with van der Waals surface area (Å²) in [5.74, 6) is 1.57. The highest BCUT2D eigenvalue weighted by Crippen LogP contribution is 2.03. The summed E-state index contributed by atoms with van der Waals surface area (Å²) in [6, 6.07) is 1.95. The fourth-order valence-corrected chi connectivity index (χ4v) is 1.52. The lowest BCUT2D eigenvalue weighted by Crippen LogP contribution is -2.37. The van der Waals surface area contributed by atoms with Crippen LogP contribution in [0, 0.1) is 0 Å². The third kappa shape index (κ3) is 7.68. The van der Waals surface area contributed by atoms with Crippen molar-refractivity contribution in [3.63, 3.8) is 0 Å². The Kier molecular flexibility index (Phi) is 11.5. The molecular weight excluding hydrogens is 371 g/mol. The van der Waals surface area contributed by atoms with Gasteiger partial charge in [0.25, 0.3) is 0 Å². The number of nitrogens with one attached hydrogen (secondary N) is 2. The van der Waals surface area contributed by atoms with E-state index >= 15 is 0 Å². The zero-order valence-electron chi connectivity index (χ0n) is 12.4. The molecule has 0 saturated heterocycles. The Morgan fingerprint density at radius 2 is 2.20 bits per heavy atom. The summed E-state index contributed by atoms with van der Waals surface area (Å²) in [6.45, 7) is 6.99. The molecule has 1 aromatic rings. The number of aliphatic imine (C=N–C) groups is 1. The van der Waals surface area contributed by atoms with Crippen LogP contribution in [0.1, 0.15) is 31.7 Å². The maximum Gasteiger partial charge on any atom is 0.191 e. The lowest BCUT2D eigenvalue weighted by atomic mass is 10.3. The molecule has 2 N–H and O–H groups in total. The number of rotatable bonds is 8. The molecule has 0 unspecified atom stereocenters. The van der Waals surface area contributed by atoms with Crippen molar-refractivity contribution in [2.24, 2.45) is 4.99 Å². The number of ether oxygens (including phenoxy) is 1. The van der Waals surface area contributed by atoms with Crippen LogP contribution >= 0.6 is 24.0 Å². The first-order valence-corrected chi connectivity index (χ1v) is 6.76. The average molecular weight is 396 g/mol. The normalized spacial score (nSPS) is 11.1. The molecule has 1 heterocycles. The molecule has 0 bridgehead atoms. The van der Waals surface area contributed by atoms with E-state index < -0.39 is 0 Å². The highest BCUT2D eigenvalue weighted by atomic mass is 127. The Hall–Kier alpha value is -0.830. The summed E-state index contributed by atoms with van der Waals surface area (Å²) < 4.78 is 10.5. The van der Waals surface area contributed by atoms with Gasteiger partial charge in [0.15, 0.2) is 11.7 Å². The second kappa shape index (κ2) is 12.0. The quantitative estimate of drug-likeness (QED) is 0.304. The number of aryl methyl sites for hydroxylation is 1. The van der Waals surface area contributed by atoms with Gasteiger partial charge in [0.2, 0.25) is 0 Å². The Balaban J connectivity index is 0.00000361. The Morgan fingerprint density at radius 1 is 1.40 bits per heavy atom. The van der Waals surface area contributed by atoms with E-state index in [0.717, 1.165) is 50.0 Å². The number of guanidine groups is 1. The van der Waals surface area contributed by atoms with Crippen LogP contribution in [-0.2, 0) is 17.7 Å². The summed E-state index contributed by atoms with van der Waals surface area (Å²) in [5, 5.41) is 10.3. The first kappa shape index (κ1) is 19.2. The number of hydrogen-bond donors (Lipinski definition) is 2. The van der Waals surface area contributed by atoms with Gasteiger partial charge in [-0.1, -0.05) is 12.1 Å². The molecule has 0 aromatic carbocycles. The van der Waals surface area contributed by atoms with Crippen LogP contribution in [0.2, 0.25) is 0 Å². The Labute approximate surface area is 137 Å². The number of halogens is 1. The van der Waals surface area contributed by atoms with Crippen LogP contribution in [-0.4, -0.2) is 37.9 Å². The SMILES string of the molecule is CCOCCCNC(=NC)NCc1cc(CC)no1.I. The van der Waals surface area contributed by atoms with Gasteiger partial charge in [0, 0.05) is 32.9 Å². The van der Waals surface area contributed by atoms with Gasteiger partial charge in [-0.2, -0.15) is 0 Å². The van der Waals surface area contributed by atoms with Crippen molar-refractivity contribution < 1.29 is 9.26 Å². The van der Waals surface area contributed by atoms with Crippen molar-refractivity contribution in [3.05, 3.63) is 17.5 Å². The van der Waals surface area contributed by atoms with Crippen molar-refractivity contribution in [3.8, 4) is 0 Å². The molecule has 1 aromatic heterocycles. The molecule has 0 aliphatic heterocycles. The van der Waals surface area contributed by atoms with Gasteiger partial charge in [-0.15, -0.1) is 24.0 Å². The summed E-state index contributed by atoms with van der Waals surface area (Å²) in [5.41, 5.74) is 0.969. The Morgan fingerprint density at radius 3 is 2.80 bits per heavy atom. The molecule has 116 valence electrons. The summed E-state index contributed by atoms with van der Waals surface area (Å²) in [4.78, 5) is 4.14. The summed E-state index contributed by atoms with van der Waals surface area (Å²) in [7, 11) is 1.75. The first-order valence-electron chi connectivity index (χ1n) is 6.76. The molecule has 0 fully saturated rings. The zero-order chi connectivity index (χ0) is 13.9. The fraction of sp³-hybridized carbons (Fsp3) is 0.692. The van der Waals surface area contributed by atoms with Gasteiger partial charge in [-0.05, 0) is 19.8 Å². The molecule has 0 aliphatic carbocycles. The van der Waals surface area contributed by atoms with Crippen LogP contribution < -0.4 is 10.6 Å². The number of aromatic nitrogens is 1. The molecule has 6 nitrogen and oxygen atoms in total. The van der Waals surface area contributed by atoms with Crippen molar-refractivity contribution >= 4 is 29.9 Å². The lowest BCUT2D eigenvalue weighted by molar-refractivity contribution is 0.145. The second-order valence-corrected chi connectivity index (χ2v) is 4.04. The van der Waals surface area contributed by atoms with Crippen LogP contribution in [0.25, 0.3) is 0 Å². The highest BCUT2D eigenvalue weighted by Gasteiger charge is 2.03. The fourth-order valence-electron chi connectivity index (χ4n) is 1.52. The predicted octanol–water partition coefficient (Wildman–Crippen LogP) is 1.95. The van der Waals surface area contributed by atoms with E-state index in [4.69, 9.17) is 9.26 Å². The van der Waals surface area contributed by atoms with E-state index in [-0.39, 0.29) is 24.0 Å². The minimum Gasteiger partial charge on any atom is -0.382 e. The van der Waals surface area contributed by atoms with E-state index in [0.29, 0.717) is 6.54 Å². The third-order valence-electron chi connectivity index (χ3n) is 2.59. The average Bonchev–Trinajstić information content (AvgIpc) is 2.90. The topological polar surface area (TPSA) is 71.7 Å². The lowest BCUT2D eigenvalue weighted by Gasteiger charge is -2.10. The second-order valence-electron chi connectivity index (χ2n) is 4.04. The van der Waals surface area contributed by atoms with E-state index in [9.17, 15) is 0 Å².